The fraction of sp³-hybridized carbons (Fsp3) is 0.429. The first-order valence-corrected chi connectivity index (χ1v) is 9.09. The molecule has 4 aliphatic carbocycles. The normalized spacial score (nSPS) is 35.1. The first kappa shape index (κ1) is 15.1. The first-order valence-electron chi connectivity index (χ1n) is 9.09. The van der Waals surface area contributed by atoms with Crippen LogP contribution in [0.1, 0.15) is 36.8 Å². The minimum Gasteiger partial charge on any atom is -0.395 e. The molecule has 1 saturated heterocycles. The van der Waals surface area contributed by atoms with Gasteiger partial charge in [-0.15, -0.1) is 0 Å². The molecule has 0 radical (unpaired) electrons. The van der Waals surface area contributed by atoms with Crippen molar-refractivity contribution in [3.63, 3.8) is 0 Å². The predicted molar refractivity (Wildman–Crippen MR) is 92.7 cm³/mol. The molecule has 0 aromatic heterocycles. The zero-order chi connectivity index (χ0) is 17.3. The van der Waals surface area contributed by atoms with Crippen LogP contribution in [-0.4, -0.2) is 35.0 Å². The van der Waals surface area contributed by atoms with Crippen LogP contribution in [-0.2, 0) is 15.0 Å². The molecule has 2 amide bonds. The van der Waals surface area contributed by atoms with Crippen LogP contribution in [0.3, 0.4) is 0 Å². The Morgan fingerprint density at radius 3 is 2.68 bits per heavy atom. The quantitative estimate of drug-likeness (QED) is 0.666. The lowest BCUT2D eigenvalue weighted by atomic mass is 9.46. The van der Waals surface area contributed by atoms with Crippen molar-refractivity contribution in [2.24, 2.45) is 11.8 Å². The maximum absolute atomic E-state index is 13.2. The van der Waals surface area contributed by atoms with Gasteiger partial charge < -0.3 is 5.11 Å². The molecule has 5 aliphatic rings. The van der Waals surface area contributed by atoms with E-state index in [4.69, 9.17) is 0 Å². The number of carbonyl (C=O) groups excluding carboxylic acids is 2. The molecule has 1 N–H and O–H groups in total. The van der Waals surface area contributed by atoms with Crippen LogP contribution >= 0.6 is 0 Å². The van der Waals surface area contributed by atoms with Crippen molar-refractivity contribution in [1.29, 1.82) is 0 Å². The number of rotatable bonds is 2. The van der Waals surface area contributed by atoms with Crippen molar-refractivity contribution in [2.45, 2.75) is 31.1 Å². The van der Waals surface area contributed by atoms with E-state index in [1.54, 1.807) is 0 Å². The van der Waals surface area contributed by atoms with Gasteiger partial charge in [0.1, 0.15) is 0 Å². The summed E-state index contributed by atoms with van der Waals surface area (Å²) in [6, 6.07) is 8.10. The molecule has 4 atom stereocenters. The standard InChI is InChI=1S/C21H21NO3/c1-2-22-19(24)17-16-12-7-3-5-9-14(12)21(11-23,18(17)20(22)25)15-10-6-4-8-13(15)16/h3-7,9,16-18,23H,2,8,10-11H2,1H3. The van der Waals surface area contributed by atoms with Crippen LogP contribution in [0, 0.1) is 11.8 Å². The fourth-order valence-corrected chi connectivity index (χ4v) is 5.93. The summed E-state index contributed by atoms with van der Waals surface area (Å²) >= 11 is 0. The van der Waals surface area contributed by atoms with Gasteiger partial charge in [-0.1, -0.05) is 47.6 Å². The minimum absolute atomic E-state index is 0.0254. The van der Waals surface area contributed by atoms with Gasteiger partial charge in [0, 0.05) is 12.5 Å². The van der Waals surface area contributed by atoms with Gasteiger partial charge >= 0.3 is 0 Å². The van der Waals surface area contributed by atoms with Crippen molar-refractivity contribution in [1.82, 2.24) is 4.90 Å². The third kappa shape index (κ3) is 1.53. The average Bonchev–Trinajstić information content (AvgIpc) is 2.92. The highest BCUT2D eigenvalue weighted by Crippen LogP contribution is 2.65. The molecule has 0 spiro atoms. The number of carbonyl (C=O) groups is 2. The predicted octanol–water partition coefficient (Wildman–Crippen LogP) is 2.30. The summed E-state index contributed by atoms with van der Waals surface area (Å²) in [6.07, 6.45) is 5.86. The highest BCUT2D eigenvalue weighted by Gasteiger charge is 2.67. The smallest absolute Gasteiger partial charge is 0.234 e. The molecule has 6 rings (SSSR count). The summed E-state index contributed by atoms with van der Waals surface area (Å²) in [6.45, 7) is 2.13. The van der Waals surface area contributed by atoms with Crippen LogP contribution in [0.15, 0.2) is 47.6 Å². The second-order valence-corrected chi connectivity index (χ2v) is 7.50. The number of aliphatic hydroxyl groups excluding tert-OH is 1. The number of allylic oxidation sites excluding steroid dienone is 3. The Balaban J connectivity index is 1.85. The van der Waals surface area contributed by atoms with Crippen molar-refractivity contribution < 1.29 is 14.7 Å². The van der Waals surface area contributed by atoms with Crippen LogP contribution in [0.25, 0.3) is 0 Å². The number of nitrogens with zero attached hydrogens (tertiary/aromatic N) is 1. The van der Waals surface area contributed by atoms with E-state index in [-0.39, 0.29) is 30.3 Å². The van der Waals surface area contributed by atoms with Gasteiger partial charge in [-0.3, -0.25) is 14.5 Å². The third-order valence-corrected chi connectivity index (χ3v) is 6.80. The minimum atomic E-state index is -0.743. The zero-order valence-electron chi connectivity index (χ0n) is 14.2. The van der Waals surface area contributed by atoms with Gasteiger partial charge in [-0.25, -0.2) is 0 Å². The number of imide groups is 1. The van der Waals surface area contributed by atoms with Crippen molar-refractivity contribution in [3.05, 3.63) is 58.7 Å². The zero-order valence-corrected chi connectivity index (χ0v) is 14.2. The Kier molecular flexibility index (Phi) is 2.97. The van der Waals surface area contributed by atoms with Crippen molar-refractivity contribution >= 4 is 11.8 Å². The molecule has 25 heavy (non-hydrogen) atoms. The molecule has 128 valence electrons. The molecule has 1 heterocycles. The summed E-state index contributed by atoms with van der Waals surface area (Å²) in [5.74, 6) is -1.01. The second kappa shape index (κ2) is 4.92. The summed E-state index contributed by atoms with van der Waals surface area (Å²) in [5.41, 5.74) is 3.88. The molecule has 1 aromatic carbocycles. The number of aliphatic hydroxyl groups is 1. The molecule has 0 saturated carbocycles. The summed E-state index contributed by atoms with van der Waals surface area (Å²) < 4.78 is 0. The summed E-state index contributed by atoms with van der Waals surface area (Å²) in [4.78, 5) is 27.7. The van der Waals surface area contributed by atoms with E-state index >= 15 is 0 Å². The largest absolute Gasteiger partial charge is 0.395 e. The van der Waals surface area contributed by atoms with Gasteiger partial charge in [0.25, 0.3) is 0 Å². The summed E-state index contributed by atoms with van der Waals surface area (Å²) in [7, 11) is 0. The third-order valence-electron chi connectivity index (χ3n) is 6.80. The van der Waals surface area contributed by atoms with Crippen molar-refractivity contribution in [2.75, 3.05) is 13.2 Å². The second-order valence-electron chi connectivity index (χ2n) is 7.50. The van der Waals surface area contributed by atoms with Gasteiger partial charge in [0.05, 0.1) is 23.9 Å². The van der Waals surface area contributed by atoms with E-state index in [1.165, 1.54) is 16.0 Å². The Morgan fingerprint density at radius 2 is 1.92 bits per heavy atom. The Morgan fingerprint density at radius 1 is 1.16 bits per heavy atom. The average molecular weight is 335 g/mol. The van der Waals surface area contributed by atoms with Gasteiger partial charge in [0.2, 0.25) is 11.8 Å². The Bertz CT molecular complexity index is 868. The highest BCUT2D eigenvalue weighted by molar-refractivity contribution is 6.08. The number of likely N-dealkylation sites (tertiary alicyclic amines) is 1. The number of benzene rings is 1. The Hall–Kier alpha value is -2.20. The van der Waals surface area contributed by atoms with Gasteiger partial charge in [-0.2, -0.15) is 0 Å². The van der Waals surface area contributed by atoms with E-state index in [0.717, 1.165) is 24.0 Å². The molecule has 4 heteroatoms. The summed E-state index contributed by atoms with van der Waals surface area (Å²) in [5, 5.41) is 10.6. The molecule has 1 aromatic rings. The van der Waals surface area contributed by atoms with Crippen LogP contribution in [0.2, 0.25) is 0 Å². The lowest BCUT2D eigenvalue weighted by Crippen LogP contribution is -2.56. The molecule has 4 unspecified atom stereocenters. The highest BCUT2D eigenvalue weighted by atomic mass is 16.3. The van der Waals surface area contributed by atoms with E-state index in [0.29, 0.717) is 6.54 Å². The van der Waals surface area contributed by atoms with Gasteiger partial charge in [0.15, 0.2) is 0 Å². The lowest BCUT2D eigenvalue weighted by Gasteiger charge is -2.55. The molecule has 4 nitrogen and oxygen atoms in total. The van der Waals surface area contributed by atoms with Gasteiger partial charge in [-0.05, 0) is 30.9 Å². The molecular weight excluding hydrogens is 314 g/mol. The van der Waals surface area contributed by atoms with E-state index in [2.05, 4.69) is 18.2 Å². The molecular formula is C21H21NO3. The fourth-order valence-electron chi connectivity index (χ4n) is 5.93. The maximum Gasteiger partial charge on any atom is 0.234 e. The molecule has 2 bridgehead atoms. The maximum atomic E-state index is 13.2. The first-order chi connectivity index (χ1) is 12.2. The van der Waals surface area contributed by atoms with Crippen LogP contribution in [0.4, 0.5) is 0 Å². The number of amides is 2. The van der Waals surface area contributed by atoms with E-state index in [9.17, 15) is 14.7 Å². The van der Waals surface area contributed by atoms with Crippen molar-refractivity contribution in [3.8, 4) is 0 Å². The topological polar surface area (TPSA) is 57.6 Å². The monoisotopic (exact) mass is 335 g/mol. The van der Waals surface area contributed by atoms with E-state index < -0.39 is 11.3 Å². The van der Waals surface area contributed by atoms with Crippen LogP contribution < -0.4 is 0 Å². The molecule has 1 fully saturated rings. The SMILES string of the molecule is CCN1C(=O)C2C3C4=C(CC=CC4)C(CO)(c4ccccc43)C2C1=O. The molecule has 1 aliphatic heterocycles. The number of hydrogen-bond acceptors (Lipinski definition) is 3. The lowest BCUT2D eigenvalue weighted by molar-refractivity contribution is -0.140. The Labute approximate surface area is 146 Å². The van der Waals surface area contributed by atoms with E-state index in [1.807, 2.05) is 25.1 Å². The number of hydrogen-bond donors (Lipinski definition) is 1. The van der Waals surface area contributed by atoms with Crippen LogP contribution in [0.5, 0.6) is 0 Å².